The van der Waals surface area contributed by atoms with Gasteiger partial charge in [-0.25, -0.2) is 0 Å². The average Bonchev–Trinajstić information content (AvgIpc) is 3.12. The van der Waals surface area contributed by atoms with Crippen LogP contribution in [0.1, 0.15) is 28.8 Å². The minimum atomic E-state index is 0.0496. The van der Waals surface area contributed by atoms with Gasteiger partial charge in [0.05, 0.1) is 12.6 Å². The predicted octanol–water partition coefficient (Wildman–Crippen LogP) is 3.56. The number of thiophene rings is 1. The SMILES string of the molecule is COc1ccc2c(c1)CC1CCCNC21c1cccs1. The van der Waals surface area contributed by atoms with Crippen LogP contribution in [0.5, 0.6) is 5.75 Å². The Balaban J connectivity index is 1.90. The zero-order valence-electron chi connectivity index (χ0n) is 11.7. The molecule has 2 unspecified atom stereocenters. The lowest BCUT2D eigenvalue weighted by Gasteiger charge is -2.41. The summed E-state index contributed by atoms with van der Waals surface area (Å²) in [6.45, 7) is 1.11. The Morgan fingerprint density at radius 2 is 2.30 bits per heavy atom. The van der Waals surface area contributed by atoms with Crippen LogP contribution in [0.2, 0.25) is 0 Å². The van der Waals surface area contributed by atoms with Crippen molar-refractivity contribution >= 4 is 11.3 Å². The molecule has 4 rings (SSSR count). The van der Waals surface area contributed by atoms with Gasteiger partial charge in [0.15, 0.2) is 0 Å². The van der Waals surface area contributed by atoms with Crippen LogP contribution in [-0.2, 0) is 12.0 Å². The third-order valence-corrected chi connectivity index (χ3v) is 5.86. The van der Waals surface area contributed by atoms with Crippen LogP contribution < -0.4 is 10.1 Å². The van der Waals surface area contributed by atoms with Crippen molar-refractivity contribution in [2.24, 2.45) is 5.92 Å². The molecular formula is C17H19NOS. The number of piperidine rings is 1. The van der Waals surface area contributed by atoms with E-state index in [4.69, 9.17) is 4.74 Å². The van der Waals surface area contributed by atoms with Crippen molar-refractivity contribution in [3.05, 3.63) is 51.7 Å². The van der Waals surface area contributed by atoms with Gasteiger partial charge in [0.25, 0.3) is 0 Å². The monoisotopic (exact) mass is 285 g/mol. The van der Waals surface area contributed by atoms with Gasteiger partial charge in [0, 0.05) is 4.88 Å². The van der Waals surface area contributed by atoms with Crippen molar-refractivity contribution in [2.45, 2.75) is 24.8 Å². The van der Waals surface area contributed by atoms with Gasteiger partial charge in [-0.05, 0) is 66.4 Å². The molecule has 0 saturated carbocycles. The summed E-state index contributed by atoms with van der Waals surface area (Å²) in [6, 6.07) is 11.1. The van der Waals surface area contributed by atoms with Crippen molar-refractivity contribution < 1.29 is 4.74 Å². The van der Waals surface area contributed by atoms with Crippen molar-refractivity contribution in [1.82, 2.24) is 5.32 Å². The number of hydrogen-bond acceptors (Lipinski definition) is 3. The zero-order chi connectivity index (χ0) is 13.6. The van der Waals surface area contributed by atoms with Crippen molar-refractivity contribution in [1.29, 1.82) is 0 Å². The second-order valence-corrected chi connectivity index (χ2v) is 6.73. The van der Waals surface area contributed by atoms with Crippen molar-refractivity contribution in [2.75, 3.05) is 13.7 Å². The highest BCUT2D eigenvalue weighted by molar-refractivity contribution is 7.10. The maximum Gasteiger partial charge on any atom is 0.119 e. The summed E-state index contributed by atoms with van der Waals surface area (Å²) in [5.41, 5.74) is 2.97. The van der Waals surface area contributed by atoms with E-state index in [-0.39, 0.29) is 5.54 Å². The molecule has 1 aromatic heterocycles. The number of ether oxygens (including phenoxy) is 1. The van der Waals surface area contributed by atoms with E-state index in [9.17, 15) is 0 Å². The highest BCUT2D eigenvalue weighted by Crippen LogP contribution is 2.51. The largest absolute Gasteiger partial charge is 0.497 e. The van der Waals surface area contributed by atoms with Crippen LogP contribution in [0.15, 0.2) is 35.7 Å². The summed E-state index contributed by atoms with van der Waals surface area (Å²) in [5, 5.41) is 6.05. The smallest absolute Gasteiger partial charge is 0.119 e. The topological polar surface area (TPSA) is 21.3 Å². The summed E-state index contributed by atoms with van der Waals surface area (Å²) in [4.78, 5) is 1.46. The van der Waals surface area contributed by atoms with E-state index in [0.717, 1.165) is 18.7 Å². The molecule has 0 bridgehead atoms. The second-order valence-electron chi connectivity index (χ2n) is 5.78. The van der Waals surface area contributed by atoms with Crippen LogP contribution in [0.4, 0.5) is 0 Å². The Kier molecular flexibility index (Phi) is 2.86. The summed E-state index contributed by atoms with van der Waals surface area (Å²) >= 11 is 1.88. The lowest BCUT2D eigenvalue weighted by atomic mass is 9.77. The highest BCUT2D eigenvalue weighted by atomic mass is 32.1. The van der Waals surface area contributed by atoms with E-state index in [1.165, 1.54) is 28.8 Å². The number of fused-ring (bicyclic) bond motifs is 3. The van der Waals surface area contributed by atoms with Crippen LogP contribution in [0.25, 0.3) is 0 Å². The molecule has 1 aromatic carbocycles. The first-order chi connectivity index (χ1) is 9.84. The molecule has 1 fully saturated rings. The van der Waals surface area contributed by atoms with Crippen molar-refractivity contribution in [3.63, 3.8) is 0 Å². The Morgan fingerprint density at radius 3 is 3.10 bits per heavy atom. The van der Waals surface area contributed by atoms with Crippen molar-refractivity contribution in [3.8, 4) is 5.75 Å². The van der Waals surface area contributed by atoms with Crippen LogP contribution in [-0.4, -0.2) is 13.7 Å². The van der Waals surface area contributed by atoms with Gasteiger partial charge in [-0.1, -0.05) is 12.1 Å². The molecule has 0 radical (unpaired) electrons. The number of nitrogens with one attached hydrogen (secondary N) is 1. The molecule has 2 atom stereocenters. The molecule has 2 aliphatic rings. The van der Waals surface area contributed by atoms with Gasteiger partial charge in [-0.2, -0.15) is 0 Å². The van der Waals surface area contributed by atoms with E-state index in [1.54, 1.807) is 7.11 Å². The number of hydrogen-bond donors (Lipinski definition) is 1. The molecule has 2 nitrogen and oxygen atoms in total. The molecule has 1 aliphatic carbocycles. The van der Waals surface area contributed by atoms with Crippen LogP contribution in [0, 0.1) is 5.92 Å². The van der Waals surface area contributed by atoms with E-state index in [0.29, 0.717) is 5.92 Å². The summed E-state index contributed by atoms with van der Waals surface area (Å²) in [6.07, 6.45) is 3.75. The van der Waals surface area contributed by atoms with E-state index >= 15 is 0 Å². The normalized spacial score (nSPS) is 27.9. The standard InChI is InChI=1S/C17H19NOS/c1-19-14-6-7-15-12(11-14)10-13-4-2-8-18-17(13,15)16-5-3-9-20-16/h3,5-7,9,11,13,18H,2,4,8,10H2,1H3. The third-order valence-electron chi connectivity index (χ3n) is 4.86. The Hall–Kier alpha value is -1.32. The number of rotatable bonds is 2. The first-order valence-corrected chi connectivity index (χ1v) is 8.19. The van der Waals surface area contributed by atoms with Gasteiger partial charge in [0.1, 0.15) is 5.75 Å². The average molecular weight is 285 g/mol. The zero-order valence-corrected chi connectivity index (χ0v) is 12.5. The predicted molar refractivity (Wildman–Crippen MR) is 82.5 cm³/mol. The van der Waals surface area contributed by atoms with E-state index < -0.39 is 0 Å². The fourth-order valence-electron chi connectivity index (χ4n) is 4.01. The van der Waals surface area contributed by atoms with Gasteiger partial charge in [-0.15, -0.1) is 11.3 Å². The maximum absolute atomic E-state index is 5.40. The molecule has 2 aromatic rings. The molecule has 1 aliphatic heterocycles. The maximum atomic E-state index is 5.40. The first kappa shape index (κ1) is 12.4. The van der Waals surface area contributed by atoms with Gasteiger partial charge in [-0.3, -0.25) is 0 Å². The second kappa shape index (κ2) is 4.61. The van der Waals surface area contributed by atoms with Crippen LogP contribution >= 0.6 is 11.3 Å². The van der Waals surface area contributed by atoms with Gasteiger partial charge >= 0.3 is 0 Å². The first-order valence-electron chi connectivity index (χ1n) is 7.31. The molecular weight excluding hydrogens is 266 g/mol. The minimum Gasteiger partial charge on any atom is -0.497 e. The molecule has 104 valence electrons. The third kappa shape index (κ3) is 1.60. The fourth-order valence-corrected chi connectivity index (χ4v) is 5.00. The quantitative estimate of drug-likeness (QED) is 0.911. The van der Waals surface area contributed by atoms with Gasteiger partial charge < -0.3 is 10.1 Å². The summed E-state index contributed by atoms with van der Waals surface area (Å²) in [7, 11) is 1.75. The molecule has 2 heterocycles. The fraction of sp³-hybridized carbons (Fsp3) is 0.412. The summed E-state index contributed by atoms with van der Waals surface area (Å²) in [5.74, 6) is 1.65. The molecule has 20 heavy (non-hydrogen) atoms. The lowest BCUT2D eigenvalue weighted by Crippen LogP contribution is -2.50. The van der Waals surface area contributed by atoms with E-state index in [1.807, 2.05) is 11.3 Å². The van der Waals surface area contributed by atoms with Gasteiger partial charge in [0.2, 0.25) is 0 Å². The lowest BCUT2D eigenvalue weighted by molar-refractivity contribution is 0.224. The number of benzene rings is 1. The Bertz CT molecular complexity index is 622. The molecule has 3 heteroatoms. The Labute approximate surface area is 123 Å². The molecule has 1 saturated heterocycles. The molecule has 1 N–H and O–H groups in total. The number of methoxy groups -OCH3 is 1. The highest BCUT2D eigenvalue weighted by Gasteiger charge is 2.49. The summed E-state index contributed by atoms with van der Waals surface area (Å²) < 4.78 is 5.40. The van der Waals surface area contributed by atoms with E-state index in [2.05, 4.69) is 41.0 Å². The Morgan fingerprint density at radius 1 is 1.35 bits per heavy atom. The van der Waals surface area contributed by atoms with Crippen LogP contribution in [0.3, 0.4) is 0 Å². The molecule has 0 spiro atoms. The minimum absolute atomic E-state index is 0.0496. The molecule has 0 amide bonds.